The van der Waals surface area contributed by atoms with Gasteiger partial charge in [0.15, 0.2) is 0 Å². The van der Waals surface area contributed by atoms with Crippen molar-refractivity contribution in [3.63, 3.8) is 0 Å². The molecule has 1 aliphatic heterocycles. The normalized spacial score (nSPS) is 28.5. The van der Waals surface area contributed by atoms with E-state index in [1.54, 1.807) is 4.90 Å². The van der Waals surface area contributed by atoms with Crippen molar-refractivity contribution in [1.82, 2.24) is 4.90 Å². The largest absolute Gasteiger partial charge is 0.465 e. The molecule has 0 aromatic rings. The first-order valence-electron chi connectivity index (χ1n) is 6.01. The number of aliphatic hydroxyl groups excluding tert-OH is 1. The van der Waals surface area contributed by atoms with Gasteiger partial charge in [-0.05, 0) is 25.2 Å². The summed E-state index contributed by atoms with van der Waals surface area (Å²) < 4.78 is 0. The number of nitrogens with zero attached hydrogens (tertiary/aromatic N) is 1. The van der Waals surface area contributed by atoms with Crippen molar-refractivity contribution in [3.8, 4) is 0 Å². The smallest absolute Gasteiger partial charge is 0.407 e. The van der Waals surface area contributed by atoms with Crippen LogP contribution in [0.15, 0.2) is 11.6 Å². The number of hydrogen-bond donors (Lipinski definition) is 2. The van der Waals surface area contributed by atoms with Crippen LogP contribution >= 0.6 is 0 Å². The van der Waals surface area contributed by atoms with E-state index in [9.17, 15) is 9.90 Å². The number of piperidine rings is 1. The zero-order chi connectivity index (χ0) is 13.3. The molecule has 1 atom stereocenters. The summed E-state index contributed by atoms with van der Waals surface area (Å²) in [5, 5.41) is 18.3. The molecule has 0 unspecified atom stereocenters. The maximum atomic E-state index is 11.3. The van der Waals surface area contributed by atoms with Crippen molar-refractivity contribution < 1.29 is 15.0 Å². The molecule has 1 saturated heterocycles. The number of hydrogen-bond acceptors (Lipinski definition) is 2. The van der Waals surface area contributed by atoms with Gasteiger partial charge in [-0.1, -0.05) is 32.4 Å². The Morgan fingerprint density at radius 3 is 2.53 bits per heavy atom. The van der Waals surface area contributed by atoms with Crippen LogP contribution in [0.2, 0.25) is 0 Å². The highest BCUT2D eigenvalue weighted by atomic mass is 16.4. The summed E-state index contributed by atoms with van der Waals surface area (Å²) in [4.78, 5) is 12.9. The first kappa shape index (κ1) is 14.0. The number of aliphatic hydroxyl groups is 1. The van der Waals surface area contributed by atoms with Crippen molar-refractivity contribution in [1.29, 1.82) is 0 Å². The van der Waals surface area contributed by atoms with E-state index < -0.39 is 11.6 Å². The fourth-order valence-corrected chi connectivity index (χ4v) is 2.41. The van der Waals surface area contributed by atoms with Gasteiger partial charge in [0.05, 0.1) is 12.1 Å². The molecule has 1 amide bonds. The molecule has 4 nitrogen and oxygen atoms in total. The Kier molecular flexibility index (Phi) is 3.87. The van der Waals surface area contributed by atoms with Gasteiger partial charge in [0, 0.05) is 6.54 Å². The van der Waals surface area contributed by atoms with Crippen LogP contribution in [0.25, 0.3) is 0 Å². The SMILES string of the molecule is CC(C)(C)[C@]1(C)CC(=CCO)CCN1C(=O)O. The van der Waals surface area contributed by atoms with Gasteiger partial charge in [-0.2, -0.15) is 0 Å². The monoisotopic (exact) mass is 241 g/mol. The van der Waals surface area contributed by atoms with Gasteiger partial charge >= 0.3 is 6.09 Å². The average Bonchev–Trinajstić information content (AvgIpc) is 2.15. The summed E-state index contributed by atoms with van der Waals surface area (Å²) >= 11 is 0. The van der Waals surface area contributed by atoms with Crippen LogP contribution in [0.5, 0.6) is 0 Å². The van der Waals surface area contributed by atoms with Gasteiger partial charge in [0.25, 0.3) is 0 Å². The molecule has 0 aliphatic carbocycles. The number of amides is 1. The third-order valence-corrected chi connectivity index (χ3v) is 4.05. The van der Waals surface area contributed by atoms with E-state index in [4.69, 9.17) is 5.11 Å². The van der Waals surface area contributed by atoms with E-state index in [2.05, 4.69) is 20.8 Å². The van der Waals surface area contributed by atoms with Crippen LogP contribution in [-0.2, 0) is 0 Å². The Morgan fingerprint density at radius 2 is 2.12 bits per heavy atom. The molecule has 1 heterocycles. The Labute approximate surface area is 103 Å². The lowest BCUT2D eigenvalue weighted by atomic mass is 9.68. The lowest BCUT2D eigenvalue weighted by molar-refractivity contribution is 0.00269. The summed E-state index contributed by atoms with van der Waals surface area (Å²) in [5.74, 6) is 0. The Bertz CT molecular complexity index is 330. The van der Waals surface area contributed by atoms with E-state index >= 15 is 0 Å². The molecular formula is C13H23NO3. The maximum absolute atomic E-state index is 11.3. The molecule has 0 saturated carbocycles. The molecule has 98 valence electrons. The fourth-order valence-electron chi connectivity index (χ4n) is 2.41. The van der Waals surface area contributed by atoms with Crippen molar-refractivity contribution in [3.05, 3.63) is 11.6 Å². The van der Waals surface area contributed by atoms with Gasteiger partial charge in [-0.15, -0.1) is 0 Å². The van der Waals surface area contributed by atoms with Crippen LogP contribution < -0.4 is 0 Å². The zero-order valence-electron chi connectivity index (χ0n) is 11.2. The van der Waals surface area contributed by atoms with Gasteiger partial charge in [0.1, 0.15) is 0 Å². The third-order valence-electron chi connectivity index (χ3n) is 4.05. The highest BCUT2D eigenvalue weighted by Crippen LogP contribution is 2.43. The molecule has 0 spiro atoms. The quantitative estimate of drug-likeness (QED) is 0.693. The number of rotatable bonds is 1. The van der Waals surface area contributed by atoms with E-state index in [0.717, 1.165) is 12.0 Å². The maximum Gasteiger partial charge on any atom is 0.407 e. The lowest BCUT2D eigenvalue weighted by Crippen LogP contribution is -2.59. The van der Waals surface area contributed by atoms with Crippen LogP contribution in [0, 0.1) is 5.41 Å². The second kappa shape index (κ2) is 4.69. The summed E-state index contributed by atoms with van der Waals surface area (Å²) in [7, 11) is 0. The van der Waals surface area contributed by atoms with Crippen LogP contribution in [-0.4, -0.2) is 39.9 Å². The Balaban J connectivity index is 3.07. The first-order valence-corrected chi connectivity index (χ1v) is 6.01. The van der Waals surface area contributed by atoms with Crippen molar-refractivity contribution in [2.24, 2.45) is 5.41 Å². The van der Waals surface area contributed by atoms with E-state index in [1.165, 1.54) is 0 Å². The topological polar surface area (TPSA) is 60.8 Å². The molecule has 1 rings (SSSR count). The van der Waals surface area contributed by atoms with Crippen LogP contribution in [0.4, 0.5) is 4.79 Å². The molecule has 2 N–H and O–H groups in total. The second-order valence-electron chi connectivity index (χ2n) is 5.93. The predicted octanol–water partition coefficient (Wildman–Crippen LogP) is 2.48. The summed E-state index contributed by atoms with van der Waals surface area (Å²) in [6, 6.07) is 0. The lowest BCUT2D eigenvalue weighted by Gasteiger charge is -2.52. The molecule has 0 aromatic carbocycles. The molecule has 1 aliphatic rings. The van der Waals surface area contributed by atoms with Gasteiger partial charge < -0.3 is 15.1 Å². The second-order valence-corrected chi connectivity index (χ2v) is 5.93. The number of carboxylic acid groups (broad SMARTS) is 1. The van der Waals surface area contributed by atoms with Crippen molar-refractivity contribution >= 4 is 6.09 Å². The molecular weight excluding hydrogens is 218 g/mol. The summed E-state index contributed by atoms with van der Waals surface area (Å²) in [6.07, 6.45) is 2.37. The minimum absolute atomic E-state index is 0.0304. The third kappa shape index (κ3) is 2.63. The zero-order valence-corrected chi connectivity index (χ0v) is 11.2. The fraction of sp³-hybridized carbons (Fsp3) is 0.769. The van der Waals surface area contributed by atoms with Gasteiger partial charge in [0.2, 0.25) is 0 Å². The molecule has 17 heavy (non-hydrogen) atoms. The summed E-state index contributed by atoms with van der Waals surface area (Å²) in [6.45, 7) is 8.71. The van der Waals surface area contributed by atoms with Gasteiger partial charge in [-0.3, -0.25) is 0 Å². The Morgan fingerprint density at radius 1 is 1.53 bits per heavy atom. The minimum Gasteiger partial charge on any atom is -0.465 e. The predicted molar refractivity (Wildman–Crippen MR) is 67.0 cm³/mol. The molecule has 0 radical (unpaired) electrons. The standard InChI is InChI=1S/C13H23NO3/c1-12(2,3)13(4)9-10(6-8-15)5-7-14(13)11(16)17/h6,15H,5,7-9H2,1-4H3,(H,16,17)/t13-/m0/s1. The molecule has 4 heteroatoms. The van der Waals surface area contributed by atoms with Crippen LogP contribution in [0.1, 0.15) is 40.5 Å². The van der Waals surface area contributed by atoms with Gasteiger partial charge in [-0.25, -0.2) is 4.79 Å². The van der Waals surface area contributed by atoms with E-state index in [0.29, 0.717) is 13.0 Å². The highest BCUT2D eigenvalue weighted by Gasteiger charge is 2.47. The van der Waals surface area contributed by atoms with E-state index in [-0.39, 0.29) is 12.0 Å². The number of likely N-dealkylation sites (tertiary alicyclic amines) is 1. The average molecular weight is 241 g/mol. The molecule has 0 bridgehead atoms. The first-order chi connectivity index (χ1) is 7.72. The molecule has 0 aromatic heterocycles. The van der Waals surface area contributed by atoms with Crippen molar-refractivity contribution in [2.45, 2.75) is 46.1 Å². The highest BCUT2D eigenvalue weighted by molar-refractivity contribution is 5.67. The Hall–Kier alpha value is -1.03. The summed E-state index contributed by atoms with van der Waals surface area (Å²) in [5.41, 5.74) is 0.598. The van der Waals surface area contributed by atoms with Crippen LogP contribution in [0.3, 0.4) is 0 Å². The molecule has 1 fully saturated rings. The van der Waals surface area contributed by atoms with Crippen molar-refractivity contribution in [2.75, 3.05) is 13.2 Å². The minimum atomic E-state index is -0.856. The number of carbonyl (C=O) groups is 1. The van der Waals surface area contributed by atoms with E-state index in [1.807, 2.05) is 13.0 Å².